The molecule has 0 aliphatic rings. The quantitative estimate of drug-likeness (QED) is 0.445. The van der Waals surface area contributed by atoms with Crippen LogP contribution >= 0.6 is 22.7 Å². The third kappa shape index (κ3) is 1.86. The molecule has 1 rings (SSSR count). The van der Waals surface area contributed by atoms with E-state index in [4.69, 9.17) is 21.7 Å². The van der Waals surface area contributed by atoms with Crippen molar-refractivity contribution >= 4 is 46.0 Å². The van der Waals surface area contributed by atoms with E-state index in [1.54, 1.807) is 0 Å². The van der Waals surface area contributed by atoms with E-state index >= 15 is 0 Å². The van der Waals surface area contributed by atoms with Crippen LogP contribution in [0.1, 0.15) is 0 Å². The summed E-state index contributed by atoms with van der Waals surface area (Å²) < 4.78 is 0.594. The Bertz CT molecular complexity index is 460. The average Bonchev–Trinajstić information content (AvgIpc) is 1.92. The summed E-state index contributed by atoms with van der Waals surface area (Å²) >= 11 is 1.82. The molecule has 0 spiro atoms. The summed E-state index contributed by atoms with van der Waals surface area (Å²) in [5.41, 5.74) is 9.39. The fourth-order valence-electron chi connectivity index (χ4n) is 0.676. The van der Waals surface area contributed by atoms with Crippen LogP contribution in [0.4, 0.5) is 0 Å². The van der Waals surface area contributed by atoms with Gasteiger partial charge in [-0.3, -0.25) is 4.79 Å². The van der Waals surface area contributed by atoms with Crippen molar-refractivity contribution in [3.05, 3.63) is 7.69 Å². The molecule has 1 amide bonds. The molecule has 0 atom stereocenters. The van der Waals surface area contributed by atoms with Crippen LogP contribution in [0.5, 0.6) is 0 Å². The third-order valence-electron chi connectivity index (χ3n) is 1.24. The van der Waals surface area contributed by atoms with Crippen molar-refractivity contribution in [2.75, 3.05) is 0 Å². The Hall–Kier alpha value is -1.54. The molecule has 0 fully saturated rings. The van der Waals surface area contributed by atoms with Crippen LogP contribution in [0.15, 0.2) is 0 Å². The zero-order chi connectivity index (χ0) is 10.9. The smallest absolute Gasteiger partial charge is 0.343 e. The minimum absolute atomic E-state index is 0.233. The minimum atomic E-state index is -1.39. The van der Waals surface area contributed by atoms with Gasteiger partial charge in [0.15, 0.2) is 5.57 Å². The summed E-state index contributed by atoms with van der Waals surface area (Å²) in [5.74, 6) is -2.79. The van der Waals surface area contributed by atoms with Crippen LogP contribution < -0.4 is 19.2 Å². The summed E-state index contributed by atoms with van der Waals surface area (Å²) in [6.07, 6.45) is 0. The van der Waals surface area contributed by atoms with Crippen LogP contribution in [-0.2, 0) is 9.59 Å². The van der Waals surface area contributed by atoms with Crippen molar-refractivity contribution in [2.24, 2.45) is 11.5 Å². The van der Waals surface area contributed by atoms with Crippen LogP contribution in [0.2, 0.25) is 0 Å². The fourth-order valence-corrected chi connectivity index (χ4v) is 2.57. The molecule has 0 radical (unpaired) electrons. The first-order chi connectivity index (χ1) is 6.43. The van der Waals surface area contributed by atoms with Crippen molar-refractivity contribution < 1.29 is 19.8 Å². The summed E-state index contributed by atoms with van der Waals surface area (Å²) in [7, 11) is 0. The molecule has 6 nitrogen and oxygen atoms in total. The van der Waals surface area contributed by atoms with Gasteiger partial charge in [0.1, 0.15) is 7.69 Å². The highest BCUT2D eigenvalue weighted by Gasteiger charge is 2.17. The lowest BCUT2D eigenvalue weighted by atomic mass is 10.3. The molecule has 0 aliphatic heterocycles. The van der Waals surface area contributed by atoms with Crippen molar-refractivity contribution in [1.29, 1.82) is 0 Å². The maximum absolute atomic E-state index is 10.7. The molecule has 14 heavy (non-hydrogen) atoms. The van der Waals surface area contributed by atoms with Crippen molar-refractivity contribution in [3.8, 4) is 0 Å². The summed E-state index contributed by atoms with van der Waals surface area (Å²) in [6, 6.07) is 0. The van der Waals surface area contributed by atoms with E-state index in [0.717, 1.165) is 22.7 Å². The highest BCUT2D eigenvalue weighted by molar-refractivity contribution is 7.36. The minimum Gasteiger partial charge on any atom is -0.493 e. The lowest BCUT2D eigenvalue weighted by Crippen LogP contribution is -2.29. The zero-order valence-corrected chi connectivity index (χ0v) is 8.32. The number of aliphatic hydroxyl groups is 1. The molecule has 0 aromatic carbocycles. The molecule has 1 aromatic rings. The Balaban J connectivity index is 3.36. The van der Waals surface area contributed by atoms with Crippen LogP contribution in [0.3, 0.4) is 0 Å². The van der Waals surface area contributed by atoms with Crippen molar-refractivity contribution in [2.45, 2.75) is 0 Å². The largest absolute Gasteiger partial charge is 0.493 e. The van der Waals surface area contributed by atoms with Gasteiger partial charge in [-0.25, -0.2) is 4.79 Å². The van der Waals surface area contributed by atoms with Gasteiger partial charge in [-0.1, -0.05) is 0 Å². The molecule has 1 heterocycles. The van der Waals surface area contributed by atoms with E-state index in [-0.39, 0.29) is 3.85 Å². The maximum atomic E-state index is 10.7. The number of aliphatic hydroxyl groups excluding tert-OH is 1. The van der Waals surface area contributed by atoms with E-state index in [1.165, 1.54) is 0 Å². The number of primary amides is 1. The molecule has 0 bridgehead atoms. The summed E-state index contributed by atoms with van der Waals surface area (Å²) in [4.78, 5) is 21.3. The number of rotatable bonds is 2. The Kier molecular flexibility index (Phi) is 2.77. The zero-order valence-electron chi connectivity index (χ0n) is 6.68. The first-order valence-corrected chi connectivity index (χ1v) is 4.88. The van der Waals surface area contributed by atoms with Gasteiger partial charge >= 0.3 is 5.97 Å². The SMILES string of the molecule is NC(=O)C(C(=O)O)=c1sc(=C(N)O)s1. The van der Waals surface area contributed by atoms with Gasteiger partial charge in [0.05, 0.1) is 0 Å². The normalized spacial score (nSPS) is 9.71. The van der Waals surface area contributed by atoms with Gasteiger partial charge in [-0.2, -0.15) is 0 Å². The number of hydrogen-bond donors (Lipinski definition) is 4. The van der Waals surface area contributed by atoms with E-state index in [9.17, 15) is 9.59 Å². The third-order valence-corrected chi connectivity index (χ3v) is 3.81. The van der Waals surface area contributed by atoms with E-state index < -0.39 is 23.3 Å². The second-order valence-electron chi connectivity index (χ2n) is 2.21. The number of carbonyl (C=O) groups excluding carboxylic acids is 1. The summed E-state index contributed by atoms with van der Waals surface area (Å²) in [5, 5.41) is 17.4. The lowest BCUT2D eigenvalue weighted by molar-refractivity contribution is -0.131. The highest BCUT2D eigenvalue weighted by atomic mass is 32.2. The highest BCUT2D eigenvalue weighted by Crippen LogP contribution is 1.98. The Morgan fingerprint density at radius 1 is 1.07 bits per heavy atom. The second-order valence-corrected chi connectivity index (χ2v) is 4.77. The van der Waals surface area contributed by atoms with Gasteiger partial charge in [0.25, 0.3) is 5.91 Å². The maximum Gasteiger partial charge on any atom is 0.343 e. The van der Waals surface area contributed by atoms with E-state index in [2.05, 4.69) is 0 Å². The Labute approximate surface area is 85.4 Å². The number of carbonyl (C=O) groups is 2. The predicted molar refractivity (Wildman–Crippen MR) is 51.9 cm³/mol. The number of carboxylic acid groups (broad SMARTS) is 1. The number of hydrogen-bond acceptors (Lipinski definition) is 6. The number of nitrogens with two attached hydrogens (primary N) is 2. The summed E-state index contributed by atoms with van der Waals surface area (Å²) in [6.45, 7) is 0. The molecule has 1 aromatic heterocycles. The lowest BCUT2D eigenvalue weighted by Gasteiger charge is -1.98. The molecule has 76 valence electrons. The van der Waals surface area contributed by atoms with E-state index in [1.807, 2.05) is 0 Å². The number of aliphatic carboxylic acids is 1. The Morgan fingerprint density at radius 2 is 1.57 bits per heavy atom. The standard InChI is InChI=1S/C6H6N2O4S2/c7-2(9)1(4(11)12)5-13-6(14-5)3(8)10/h10H,8H2,(H2,7,9)(H,11,12). The van der Waals surface area contributed by atoms with Crippen LogP contribution in [0.25, 0.3) is 11.5 Å². The first kappa shape index (κ1) is 10.5. The van der Waals surface area contributed by atoms with Gasteiger partial charge < -0.3 is 21.7 Å². The molecule has 0 unspecified atom stereocenters. The molecular weight excluding hydrogens is 228 g/mol. The number of amides is 1. The average molecular weight is 234 g/mol. The molecule has 0 aliphatic carbocycles. The van der Waals surface area contributed by atoms with Crippen molar-refractivity contribution in [3.63, 3.8) is 0 Å². The van der Waals surface area contributed by atoms with Gasteiger partial charge in [-0.05, 0) is 0 Å². The van der Waals surface area contributed by atoms with Crippen LogP contribution in [0, 0.1) is 0 Å². The predicted octanol–water partition coefficient (Wildman–Crippen LogP) is -1.89. The first-order valence-electron chi connectivity index (χ1n) is 3.25. The van der Waals surface area contributed by atoms with Gasteiger partial charge in [0.2, 0.25) is 5.88 Å². The molecule has 0 saturated heterocycles. The molecule has 8 heteroatoms. The molecular formula is C6H6N2O4S2. The second kappa shape index (κ2) is 3.68. The van der Waals surface area contributed by atoms with E-state index in [0.29, 0.717) is 3.85 Å². The monoisotopic (exact) mass is 234 g/mol. The fraction of sp³-hybridized carbons (Fsp3) is 0. The van der Waals surface area contributed by atoms with Gasteiger partial charge in [-0.15, -0.1) is 22.7 Å². The molecule has 6 N–H and O–H groups in total. The molecule has 0 saturated carbocycles. The number of carboxylic acids is 1. The topological polar surface area (TPSA) is 127 Å². The van der Waals surface area contributed by atoms with Crippen molar-refractivity contribution in [1.82, 2.24) is 0 Å². The Morgan fingerprint density at radius 3 is 1.86 bits per heavy atom. The van der Waals surface area contributed by atoms with Crippen LogP contribution in [-0.4, -0.2) is 22.1 Å². The van der Waals surface area contributed by atoms with Gasteiger partial charge in [0, 0.05) is 0 Å².